The van der Waals surface area contributed by atoms with Gasteiger partial charge in [0.1, 0.15) is 0 Å². The first-order valence-corrected chi connectivity index (χ1v) is 5.54. The number of benzene rings is 1. The molecule has 88 valence electrons. The first kappa shape index (κ1) is 11.5. The average Bonchev–Trinajstić information content (AvgIpc) is 2.82. The Balaban J connectivity index is 1.87. The van der Waals surface area contributed by atoms with Gasteiger partial charge in [-0.05, 0) is 23.8 Å². The van der Waals surface area contributed by atoms with Crippen LogP contribution >= 0.6 is 11.6 Å². The Morgan fingerprint density at radius 3 is 2.82 bits per heavy atom. The molecule has 0 aliphatic carbocycles. The van der Waals surface area contributed by atoms with E-state index in [9.17, 15) is 4.79 Å². The minimum Gasteiger partial charge on any atom is -0.367 e. The van der Waals surface area contributed by atoms with Gasteiger partial charge in [-0.15, -0.1) is 0 Å². The van der Waals surface area contributed by atoms with Crippen LogP contribution in [0.3, 0.4) is 0 Å². The average molecular weight is 250 g/mol. The number of carbonyl (C=O) groups is 1. The molecule has 0 unspecified atom stereocenters. The standard InChI is InChI=1S/C12H12ClN3O/c13-10-3-1-2-4-11(10)16-12(17)15-8-9-5-6-14-7-9/h1-7,14H,8H2,(H2,15,16,17). The normalized spacial score (nSPS) is 9.94. The Hall–Kier alpha value is -1.94. The molecule has 0 saturated carbocycles. The van der Waals surface area contributed by atoms with E-state index >= 15 is 0 Å². The van der Waals surface area contributed by atoms with Crippen molar-refractivity contribution in [3.05, 3.63) is 53.3 Å². The molecule has 2 rings (SSSR count). The molecule has 0 spiro atoms. The van der Waals surface area contributed by atoms with Crippen molar-refractivity contribution in [1.29, 1.82) is 0 Å². The highest BCUT2D eigenvalue weighted by Gasteiger charge is 2.04. The number of anilines is 1. The lowest BCUT2D eigenvalue weighted by Gasteiger charge is -2.07. The molecule has 0 fully saturated rings. The summed E-state index contributed by atoms with van der Waals surface area (Å²) in [5.41, 5.74) is 1.61. The second kappa shape index (κ2) is 5.41. The minimum atomic E-state index is -0.278. The van der Waals surface area contributed by atoms with E-state index in [2.05, 4.69) is 15.6 Å². The largest absolute Gasteiger partial charge is 0.367 e. The third-order valence-electron chi connectivity index (χ3n) is 2.24. The first-order valence-electron chi connectivity index (χ1n) is 5.17. The summed E-state index contributed by atoms with van der Waals surface area (Å²) in [5, 5.41) is 5.93. The van der Waals surface area contributed by atoms with Crippen molar-refractivity contribution in [2.75, 3.05) is 5.32 Å². The van der Waals surface area contributed by atoms with Crippen LogP contribution < -0.4 is 10.6 Å². The van der Waals surface area contributed by atoms with Gasteiger partial charge in [0.05, 0.1) is 10.7 Å². The van der Waals surface area contributed by atoms with Crippen LogP contribution in [-0.2, 0) is 6.54 Å². The van der Waals surface area contributed by atoms with Crippen LogP contribution in [0.2, 0.25) is 5.02 Å². The van der Waals surface area contributed by atoms with Gasteiger partial charge in [-0.2, -0.15) is 0 Å². The fourth-order valence-corrected chi connectivity index (χ4v) is 1.56. The van der Waals surface area contributed by atoms with Crippen LogP contribution in [0.5, 0.6) is 0 Å². The minimum absolute atomic E-state index is 0.278. The van der Waals surface area contributed by atoms with E-state index in [0.29, 0.717) is 17.3 Å². The van der Waals surface area contributed by atoms with Crippen molar-refractivity contribution in [3.63, 3.8) is 0 Å². The number of amides is 2. The molecule has 0 atom stereocenters. The maximum atomic E-state index is 11.6. The summed E-state index contributed by atoms with van der Waals surface area (Å²) in [6.07, 6.45) is 3.64. The maximum absolute atomic E-state index is 11.6. The van der Waals surface area contributed by atoms with Gasteiger partial charge >= 0.3 is 6.03 Å². The van der Waals surface area contributed by atoms with Crippen LogP contribution in [0.25, 0.3) is 0 Å². The van der Waals surface area contributed by atoms with Gasteiger partial charge < -0.3 is 15.6 Å². The zero-order valence-corrected chi connectivity index (χ0v) is 9.79. The molecular weight excluding hydrogens is 238 g/mol. The highest BCUT2D eigenvalue weighted by atomic mass is 35.5. The molecule has 3 N–H and O–H groups in total. The van der Waals surface area contributed by atoms with E-state index < -0.39 is 0 Å². The summed E-state index contributed by atoms with van der Waals surface area (Å²) in [6, 6.07) is 8.72. The van der Waals surface area contributed by atoms with Crippen molar-refractivity contribution >= 4 is 23.3 Å². The number of hydrogen-bond acceptors (Lipinski definition) is 1. The van der Waals surface area contributed by atoms with Crippen LogP contribution in [0.15, 0.2) is 42.7 Å². The van der Waals surface area contributed by atoms with Crippen LogP contribution in [0.1, 0.15) is 5.56 Å². The molecule has 0 aliphatic heterocycles. The number of aromatic amines is 1. The predicted molar refractivity (Wildman–Crippen MR) is 68.1 cm³/mol. The molecule has 4 nitrogen and oxygen atoms in total. The smallest absolute Gasteiger partial charge is 0.319 e. The highest BCUT2D eigenvalue weighted by Crippen LogP contribution is 2.19. The molecule has 0 bridgehead atoms. The number of para-hydroxylation sites is 1. The zero-order chi connectivity index (χ0) is 12.1. The summed E-state index contributed by atoms with van der Waals surface area (Å²) in [6.45, 7) is 0.472. The summed E-state index contributed by atoms with van der Waals surface area (Å²) in [4.78, 5) is 14.5. The molecule has 5 heteroatoms. The molecule has 17 heavy (non-hydrogen) atoms. The molecule has 1 aromatic heterocycles. The summed E-state index contributed by atoms with van der Waals surface area (Å²) in [5.74, 6) is 0. The van der Waals surface area contributed by atoms with Gasteiger partial charge in [-0.3, -0.25) is 0 Å². The Kier molecular flexibility index (Phi) is 3.67. The molecule has 0 saturated heterocycles. The van der Waals surface area contributed by atoms with E-state index in [4.69, 9.17) is 11.6 Å². The van der Waals surface area contributed by atoms with Gasteiger partial charge in [-0.25, -0.2) is 4.79 Å². The third-order valence-corrected chi connectivity index (χ3v) is 2.57. The molecule has 0 radical (unpaired) electrons. The lowest BCUT2D eigenvalue weighted by Crippen LogP contribution is -2.28. The highest BCUT2D eigenvalue weighted by molar-refractivity contribution is 6.33. The van der Waals surface area contributed by atoms with Crippen molar-refractivity contribution in [1.82, 2.24) is 10.3 Å². The second-order valence-electron chi connectivity index (χ2n) is 3.51. The van der Waals surface area contributed by atoms with Crippen LogP contribution in [-0.4, -0.2) is 11.0 Å². The SMILES string of the molecule is O=C(NCc1cc[nH]c1)Nc1ccccc1Cl. The van der Waals surface area contributed by atoms with Gasteiger partial charge in [0.15, 0.2) is 0 Å². The molecule has 1 heterocycles. The Morgan fingerprint density at radius 2 is 2.12 bits per heavy atom. The lowest BCUT2D eigenvalue weighted by molar-refractivity contribution is 0.252. The van der Waals surface area contributed by atoms with E-state index in [0.717, 1.165) is 5.56 Å². The van der Waals surface area contributed by atoms with Crippen molar-refractivity contribution in [2.45, 2.75) is 6.54 Å². The molecule has 0 aliphatic rings. The van der Waals surface area contributed by atoms with Crippen molar-refractivity contribution in [2.24, 2.45) is 0 Å². The molecule has 2 aromatic rings. The number of nitrogens with one attached hydrogen (secondary N) is 3. The van der Waals surface area contributed by atoms with Crippen molar-refractivity contribution < 1.29 is 4.79 Å². The maximum Gasteiger partial charge on any atom is 0.319 e. The Labute approximate surface area is 104 Å². The number of rotatable bonds is 3. The van der Waals surface area contributed by atoms with E-state index in [1.165, 1.54) is 0 Å². The predicted octanol–water partition coefficient (Wildman–Crippen LogP) is 2.99. The summed E-state index contributed by atoms with van der Waals surface area (Å²) < 4.78 is 0. The Morgan fingerprint density at radius 1 is 1.29 bits per heavy atom. The molecule has 2 amide bonds. The quantitative estimate of drug-likeness (QED) is 0.770. The molecule has 1 aromatic carbocycles. The number of carbonyl (C=O) groups excluding carboxylic acids is 1. The van der Waals surface area contributed by atoms with Crippen LogP contribution in [0.4, 0.5) is 10.5 Å². The monoisotopic (exact) mass is 249 g/mol. The summed E-state index contributed by atoms with van der Waals surface area (Å²) in [7, 11) is 0. The first-order chi connectivity index (χ1) is 8.25. The van der Waals surface area contributed by atoms with E-state index in [1.54, 1.807) is 12.1 Å². The number of aromatic nitrogens is 1. The fourth-order valence-electron chi connectivity index (χ4n) is 1.38. The lowest BCUT2D eigenvalue weighted by atomic mass is 10.3. The zero-order valence-electron chi connectivity index (χ0n) is 9.03. The van der Waals surface area contributed by atoms with E-state index in [1.807, 2.05) is 30.6 Å². The van der Waals surface area contributed by atoms with Crippen LogP contribution in [0, 0.1) is 0 Å². The van der Waals surface area contributed by atoms with E-state index in [-0.39, 0.29) is 6.03 Å². The van der Waals surface area contributed by atoms with Gasteiger partial charge in [0.25, 0.3) is 0 Å². The topological polar surface area (TPSA) is 56.9 Å². The van der Waals surface area contributed by atoms with Gasteiger partial charge in [0.2, 0.25) is 0 Å². The van der Waals surface area contributed by atoms with Gasteiger partial charge in [0, 0.05) is 18.9 Å². The van der Waals surface area contributed by atoms with Gasteiger partial charge in [-0.1, -0.05) is 23.7 Å². The number of hydrogen-bond donors (Lipinski definition) is 3. The number of H-pyrrole nitrogens is 1. The fraction of sp³-hybridized carbons (Fsp3) is 0.0833. The van der Waals surface area contributed by atoms with Crippen molar-refractivity contribution in [3.8, 4) is 0 Å². The second-order valence-corrected chi connectivity index (χ2v) is 3.91. The Bertz CT molecular complexity index is 496. The summed E-state index contributed by atoms with van der Waals surface area (Å²) >= 11 is 5.92. The third kappa shape index (κ3) is 3.26. The number of halogens is 1. The number of urea groups is 1. The molecular formula is C12H12ClN3O.